The molecule has 272 valence electrons. The van der Waals surface area contributed by atoms with E-state index in [4.69, 9.17) is 15.0 Å². The standard InChI is InChI=1S/C53H35N5/c1-2-10-37(11-3-1)50-35-46(53-57-51(38-24-28-54-29-25-38)56-52(58-53)39-26-30-55-31-27-39)22-23-49(50)45-19-8-17-43(34-45)41-15-6-14-40(32-41)42-16-7-18-44(33-42)48-21-9-13-36-12-4-5-20-47(36)48/h1-35H. The predicted octanol–water partition coefficient (Wildman–Crippen LogP) is 13.2. The molecule has 58 heavy (non-hydrogen) atoms. The lowest BCUT2D eigenvalue weighted by Crippen LogP contribution is -2.00. The van der Waals surface area contributed by atoms with Gasteiger partial charge in [-0.15, -0.1) is 0 Å². The summed E-state index contributed by atoms with van der Waals surface area (Å²) in [5.41, 5.74) is 14.2. The molecule has 3 heterocycles. The third-order valence-electron chi connectivity index (χ3n) is 10.5. The smallest absolute Gasteiger partial charge is 0.164 e. The number of pyridine rings is 2. The molecule has 0 N–H and O–H groups in total. The molecule has 0 aliphatic heterocycles. The number of hydrogen-bond acceptors (Lipinski definition) is 5. The second-order valence-electron chi connectivity index (χ2n) is 14.2. The van der Waals surface area contributed by atoms with Gasteiger partial charge in [-0.25, -0.2) is 15.0 Å². The third kappa shape index (κ3) is 6.93. The molecule has 0 amide bonds. The van der Waals surface area contributed by atoms with Crippen LogP contribution >= 0.6 is 0 Å². The fraction of sp³-hybridized carbons (Fsp3) is 0. The van der Waals surface area contributed by atoms with Crippen molar-refractivity contribution in [2.75, 3.05) is 0 Å². The summed E-state index contributed by atoms with van der Waals surface area (Å²) >= 11 is 0. The van der Waals surface area contributed by atoms with Gasteiger partial charge < -0.3 is 0 Å². The Morgan fingerprint density at radius 3 is 1.29 bits per heavy atom. The molecule has 0 aliphatic carbocycles. The van der Waals surface area contributed by atoms with E-state index in [0.29, 0.717) is 17.5 Å². The van der Waals surface area contributed by atoms with Gasteiger partial charge in [-0.1, -0.05) is 140 Å². The zero-order chi connectivity index (χ0) is 38.7. The summed E-state index contributed by atoms with van der Waals surface area (Å²) in [5.74, 6) is 1.76. The number of fused-ring (bicyclic) bond motifs is 1. The maximum Gasteiger partial charge on any atom is 0.164 e. The van der Waals surface area contributed by atoms with Gasteiger partial charge in [-0.05, 0) is 115 Å². The number of rotatable bonds is 8. The summed E-state index contributed by atoms with van der Waals surface area (Å²) in [6, 6.07) is 66.3. The molecule has 3 aromatic heterocycles. The average Bonchev–Trinajstić information content (AvgIpc) is 3.32. The molecule has 0 aliphatic rings. The molecule has 0 unspecified atom stereocenters. The minimum atomic E-state index is 0.583. The van der Waals surface area contributed by atoms with Crippen molar-refractivity contribution in [2.45, 2.75) is 0 Å². The Hall–Kier alpha value is -7.89. The van der Waals surface area contributed by atoms with E-state index in [1.807, 2.05) is 30.3 Å². The Morgan fingerprint density at radius 1 is 0.241 bits per heavy atom. The van der Waals surface area contributed by atoms with Crippen LogP contribution in [-0.4, -0.2) is 24.9 Å². The lowest BCUT2D eigenvalue weighted by Gasteiger charge is -2.15. The zero-order valence-electron chi connectivity index (χ0n) is 31.4. The molecule has 0 fully saturated rings. The summed E-state index contributed by atoms with van der Waals surface area (Å²) < 4.78 is 0. The molecular formula is C53H35N5. The van der Waals surface area contributed by atoms with Gasteiger partial charge in [0.05, 0.1) is 0 Å². The molecule has 0 radical (unpaired) electrons. The highest BCUT2D eigenvalue weighted by Crippen LogP contribution is 2.38. The van der Waals surface area contributed by atoms with Crippen LogP contribution in [0.5, 0.6) is 0 Å². The van der Waals surface area contributed by atoms with E-state index in [2.05, 4.69) is 168 Å². The fourth-order valence-electron chi connectivity index (χ4n) is 7.64. The number of benzene rings is 7. The van der Waals surface area contributed by atoms with Crippen molar-refractivity contribution < 1.29 is 0 Å². The monoisotopic (exact) mass is 741 g/mol. The van der Waals surface area contributed by atoms with Crippen LogP contribution in [0.25, 0.3) is 101 Å². The van der Waals surface area contributed by atoms with Gasteiger partial charge in [0.15, 0.2) is 17.5 Å². The topological polar surface area (TPSA) is 64.5 Å². The summed E-state index contributed by atoms with van der Waals surface area (Å²) in [6.45, 7) is 0. The van der Waals surface area contributed by atoms with E-state index in [1.54, 1.807) is 24.8 Å². The fourth-order valence-corrected chi connectivity index (χ4v) is 7.64. The van der Waals surface area contributed by atoms with Crippen molar-refractivity contribution in [1.82, 2.24) is 24.9 Å². The quantitative estimate of drug-likeness (QED) is 0.155. The first-order valence-electron chi connectivity index (χ1n) is 19.3. The maximum absolute atomic E-state index is 4.99. The van der Waals surface area contributed by atoms with Crippen LogP contribution in [0.4, 0.5) is 0 Å². The highest BCUT2D eigenvalue weighted by Gasteiger charge is 2.16. The van der Waals surface area contributed by atoms with E-state index < -0.39 is 0 Å². The van der Waals surface area contributed by atoms with E-state index >= 15 is 0 Å². The van der Waals surface area contributed by atoms with Crippen LogP contribution in [0, 0.1) is 0 Å². The van der Waals surface area contributed by atoms with Gasteiger partial charge in [0.1, 0.15) is 0 Å². The summed E-state index contributed by atoms with van der Waals surface area (Å²) in [4.78, 5) is 23.3. The van der Waals surface area contributed by atoms with Crippen LogP contribution in [0.3, 0.4) is 0 Å². The summed E-state index contributed by atoms with van der Waals surface area (Å²) in [6.07, 6.45) is 7.01. The Kier molecular flexibility index (Phi) is 9.14. The molecule has 0 saturated carbocycles. The van der Waals surface area contributed by atoms with Crippen LogP contribution in [0.15, 0.2) is 213 Å². The Balaban J connectivity index is 1.04. The number of nitrogens with zero attached hydrogens (tertiary/aromatic N) is 5. The van der Waals surface area contributed by atoms with Gasteiger partial charge in [0.2, 0.25) is 0 Å². The van der Waals surface area contributed by atoms with Crippen molar-refractivity contribution in [1.29, 1.82) is 0 Å². The van der Waals surface area contributed by atoms with Crippen LogP contribution in [0.1, 0.15) is 0 Å². The second-order valence-corrected chi connectivity index (χ2v) is 14.2. The molecule has 0 saturated heterocycles. The van der Waals surface area contributed by atoms with E-state index in [0.717, 1.165) is 50.1 Å². The minimum absolute atomic E-state index is 0.583. The van der Waals surface area contributed by atoms with E-state index in [9.17, 15) is 0 Å². The van der Waals surface area contributed by atoms with Crippen molar-refractivity contribution in [3.8, 4) is 89.8 Å². The van der Waals surface area contributed by atoms with E-state index in [1.165, 1.54) is 33.0 Å². The number of aromatic nitrogens is 5. The van der Waals surface area contributed by atoms with Crippen molar-refractivity contribution >= 4 is 10.8 Å². The Morgan fingerprint density at radius 2 is 0.690 bits per heavy atom. The SMILES string of the molecule is c1ccc(-c2cc(-c3nc(-c4ccncc4)nc(-c4ccncc4)n3)ccc2-c2cccc(-c3cccc(-c4cccc(-c5cccc6ccccc56)c4)c3)c2)cc1. The van der Waals surface area contributed by atoms with Crippen molar-refractivity contribution in [3.63, 3.8) is 0 Å². The van der Waals surface area contributed by atoms with Crippen LogP contribution in [0.2, 0.25) is 0 Å². The summed E-state index contributed by atoms with van der Waals surface area (Å²) in [5, 5.41) is 2.50. The lowest BCUT2D eigenvalue weighted by molar-refractivity contribution is 1.07. The molecule has 0 spiro atoms. The molecule has 7 aromatic carbocycles. The predicted molar refractivity (Wildman–Crippen MR) is 236 cm³/mol. The first kappa shape index (κ1) is 34.6. The van der Waals surface area contributed by atoms with Crippen molar-refractivity contribution in [2.24, 2.45) is 0 Å². The highest BCUT2D eigenvalue weighted by molar-refractivity contribution is 5.97. The van der Waals surface area contributed by atoms with Crippen LogP contribution in [-0.2, 0) is 0 Å². The second kappa shape index (κ2) is 15.3. The molecule has 10 rings (SSSR count). The normalized spacial score (nSPS) is 11.1. The maximum atomic E-state index is 4.99. The molecule has 10 aromatic rings. The molecule has 0 bridgehead atoms. The third-order valence-corrected chi connectivity index (χ3v) is 10.5. The first-order chi connectivity index (χ1) is 28.7. The van der Waals surface area contributed by atoms with E-state index in [-0.39, 0.29) is 0 Å². The van der Waals surface area contributed by atoms with Gasteiger partial charge >= 0.3 is 0 Å². The van der Waals surface area contributed by atoms with Gasteiger partial charge in [-0.3, -0.25) is 9.97 Å². The largest absolute Gasteiger partial charge is 0.265 e. The molecule has 5 heteroatoms. The van der Waals surface area contributed by atoms with Gasteiger partial charge in [0.25, 0.3) is 0 Å². The first-order valence-corrected chi connectivity index (χ1v) is 19.3. The van der Waals surface area contributed by atoms with Gasteiger partial charge in [0, 0.05) is 41.5 Å². The molecule has 5 nitrogen and oxygen atoms in total. The Bertz CT molecular complexity index is 2990. The van der Waals surface area contributed by atoms with Crippen LogP contribution < -0.4 is 0 Å². The van der Waals surface area contributed by atoms with Crippen molar-refractivity contribution in [3.05, 3.63) is 213 Å². The number of hydrogen-bond donors (Lipinski definition) is 0. The average molecular weight is 742 g/mol. The molecule has 0 atom stereocenters. The zero-order valence-corrected chi connectivity index (χ0v) is 31.4. The Labute approximate surface area is 337 Å². The highest BCUT2D eigenvalue weighted by atomic mass is 15.0. The molecular weight excluding hydrogens is 707 g/mol. The van der Waals surface area contributed by atoms with Gasteiger partial charge in [-0.2, -0.15) is 0 Å². The lowest BCUT2D eigenvalue weighted by atomic mass is 9.90. The minimum Gasteiger partial charge on any atom is -0.265 e. The summed E-state index contributed by atoms with van der Waals surface area (Å²) in [7, 11) is 0.